The van der Waals surface area contributed by atoms with Gasteiger partial charge in [0.05, 0.1) is 21.9 Å². The smallest absolute Gasteiger partial charge is 0.274 e. The van der Waals surface area contributed by atoms with Gasteiger partial charge in [-0.25, -0.2) is 4.31 Å². The van der Waals surface area contributed by atoms with Crippen molar-refractivity contribution < 1.29 is 23.4 Å². The quantitative estimate of drug-likeness (QED) is 0.112. The molecule has 0 fully saturated rings. The molecular weight excluding hydrogens is 595 g/mol. The standard InChI is InChI=1S/C29H33N5O5S2.H2S/c1-7-25(35)34-17-33(22-16-24(28(36)30-8-2)40-27(22)29(34)37)21-15-20(31-39-41-32(6)9-3)13-14-23(21)38-26-18(4)11-10-12-19(26)5;/h7,10-16,31H,1,8-9,17H2,2-6H3,(H,30,36);1H2. The molecule has 0 saturated heterocycles. The van der Waals surface area contributed by atoms with Crippen LogP contribution < -0.4 is 20.4 Å². The first-order valence-corrected chi connectivity index (χ1v) is 14.6. The number of nitrogens with one attached hydrogen (secondary N) is 2. The van der Waals surface area contributed by atoms with Crippen LogP contribution in [0, 0.1) is 13.8 Å². The zero-order chi connectivity index (χ0) is 29.7. The highest BCUT2D eigenvalue weighted by Crippen LogP contribution is 2.45. The van der Waals surface area contributed by atoms with E-state index in [0.717, 1.165) is 52.2 Å². The molecule has 4 rings (SSSR count). The minimum atomic E-state index is -0.549. The first-order valence-electron chi connectivity index (χ1n) is 13.0. The Bertz CT molecular complexity index is 1460. The van der Waals surface area contributed by atoms with E-state index in [4.69, 9.17) is 9.02 Å². The zero-order valence-electron chi connectivity index (χ0n) is 24.1. The largest absolute Gasteiger partial charge is 0.455 e. The van der Waals surface area contributed by atoms with Crippen molar-refractivity contribution in [3.63, 3.8) is 0 Å². The summed E-state index contributed by atoms with van der Waals surface area (Å²) in [7, 11) is 1.90. The Hall–Kier alpha value is -3.49. The molecule has 224 valence electrons. The van der Waals surface area contributed by atoms with Crippen molar-refractivity contribution in [1.29, 1.82) is 0 Å². The van der Waals surface area contributed by atoms with E-state index in [0.29, 0.717) is 40.0 Å². The van der Waals surface area contributed by atoms with Crippen molar-refractivity contribution in [2.45, 2.75) is 27.7 Å². The Morgan fingerprint density at radius 3 is 2.50 bits per heavy atom. The van der Waals surface area contributed by atoms with Crippen LogP contribution in [-0.2, 0) is 9.08 Å². The van der Waals surface area contributed by atoms with E-state index in [9.17, 15) is 14.4 Å². The molecule has 3 aromatic rings. The molecule has 0 bridgehead atoms. The molecule has 1 aliphatic heterocycles. The second kappa shape index (κ2) is 14.6. The zero-order valence-corrected chi connectivity index (χ0v) is 26.8. The van der Waals surface area contributed by atoms with Crippen LogP contribution in [0.3, 0.4) is 0 Å². The summed E-state index contributed by atoms with van der Waals surface area (Å²) in [4.78, 5) is 42.4. The number of anilines is 3. The van der Waals surface area contributed by atoms with Crippen molar-refractivity contribution in [3.8, 4) is 11.5 Å². The topological polar surface area (TPSA) is 103 Å². The van der Waals surface area contributed by atoms with Crippen molar-refractivity contribution in [1.82, 2.24) is 14.5 Å². The average Bonchev–Trinajstić information content (AvgIpc) is 3.42. The predicted molar refractivity (Wildman–Crippen MR) is 174 cm³/mol. The highest BCUT2D eigenvalue weighted by Gasteiger charge is 2.37. The number of para-hydroxylation sites is 1. The second-order valence-electron chi connectivity index (χ2n) is 9.24. The highest BCUT2D eigenvalue weighted by atomic mass is 32.2. The van der Waals surface area contributed by atoms with E-state index < -0.39 is 11.8 Å². The van der Waals surface area contributed by atoms with E-state index >= 15 is 0 Å². The molecule has 3 amide bonds. The van der Waals surface area contributed by atoms with E-state index in [-0.39, 0.29) is 30.9 Å². The molecular formula is C29H35N5O5S3. The molecule has 1 aromatic heterocycles. The number of fused-ring (bicyclic) bond motifs is 1. The fourth-order valence-corrected chi connectivity index (χ4v) is 5.51. The van der Waals surface area contributed by atoms with Crippen LogP contribution in [0.4, 0.5) is 17.1 Å². The number of rotatable bonds is 11. The predicted octanol–water partition coefficient (Wildman–Crippen LogP) is 6.14. The minimum absolute atomic E-state index is 0. The third kappa shape index (κ3) is 7.10. The van der Waals surface area contributed by atoms with Gasteiger partial charge in [0, 0.05) is 13.1 Å². The molecule has 0 radical (unpaired) electrons. The first kappa shape index (κ1) is 33.0. The maximum Gasteiger partial charge on any atom is 0.274 e. The normalized spacial score (nSPS) is 12.5. The van der Waals surface area contributed by atoms with E-state index in [1.54, 1.807) is 17.0 Å². The summed E-state index contributed by atoms with van der Waals surface area (Å²) in [6.45, 7) is 12.4. The van der Waals surface area contributed by atoms with E-state index in [1.807, 2.05) is 69.4 Å². The number of thiophene rings is 1. The Labute approximate surface area is 261 Å². The number of aryl methyl sites for hydroxylation is 2. The summed E-state index contributed by atoms with van der Waals surface area (Å²) >= 11 is 2.20. The van der Waals surface area contributed by atoms with Gasteiger partial charge in [-0.3, -0.25) is 24.8 Å². The lowest BCUT2D eigenvalue weighted by Gasteiger charge is -2.35. The molecule has 0 spiro atoms. The number of benzene rings is 2. The monoisotopic (exact) mass is 629 g/mol. The van der Waals surface area contributed by atoms with Gasteiger partial charge in [0.2, 0.25) is 0 Å². The first-order chi connectivity index (χ1) is 19.7. The lowest BCUT2D eigenvalue weighted by molar-refractivity contribution is -0.123. The summed E-state index contributed by atoms with van der Waals surface area (Å²) < 4.78 is 14.0. The maximum absolute atomic E-state index is 13.4. The Morgan fingerprint density at radius 2 is 1.86 bits per heavy atom. The van der Waals surface area contributed by atoms with Crippen LogP contribution in [0.25, 0.3) is 0 Å². The van der Waals surface area contributed by atoms with Gasteiger partial charge in [-0.05, 0) is 69.3 Å². The summed E-state index contributed by atoms with van der Waals surface area (Å²) in [6, 6.07) is 13.0. The van der Waals surface area contributed by atoms with E-state index in [1.165, 1.54) is 0 Å². The lowest BCUT2D eigenvalue weighted by atomic mass is 10.1. The van der Waals surface area contributed by atoms with Crippen molar-refractivity contribution in [2.75, 3.05) is 37.2 Å². The Balaban J connectivity index is 0.00000484. The van der Waals surface area contributed by atoms with Crippen LogP contribution in [0.15, 0.2) is 55.1 Å². The molecule has 0 aliphatic carbocycles. The number of carbonyl (C=O) groups is 3. The van der Waals surface area contributed by atoms with Gasteiger partial charge >= 0.3 is 0 Å². The SMILES string of the molecule is C=CC(=O)N1CN(c2cc(NOSN(C)CC)ccc2Oc2c(C)cccc2C)c2cc(C(=O)NCC)sc2C1=O.S. The summed E-state index contributed by atoms with van der Waals surface area (Å²) in [5.74, 6) is -0.146. The van der Waals surface area contributed by atoms with Crippen LogP contribution >= 0.6 is 37.1 Å². The molecule has 13 heteroatoms. The van der Waals surface area contributed by atoms with Crippen LogP contribution in [0.5, 0.6) is 11.5 Å². The number of hydrogen-bond acceptors (Lipinski definition) is 10. The van der Waals surface area contributed by atoms with Gasteiger partial charge in [0.15, 0.2) is 5.75 Å². The number of hydrogen-bond donors (Lipinski definition) is 2. The molecule has 2 aromatic carbocycles. The second-order valence-corrected chi connectivity index (χ2v) is 11.2. The van der Waals surface area contributed by atoms with Gasteiger partial charge in [0.1, 0.15) is 29.5 Å². The third-order valence-electron chi connectivity index (χ3n) is 6.37. The molecule has 0 unspecified atom stereocenters. The molecule has 42 heavy (non-hydrogen) atoms. The molecule has 0 saturated carbocycles. The van der Waals surface area contributed by atoms with Gasteiger partial charge in [-0.1, -0.05) is 31.7 Å². The van der Waals surface area contributed by atoms with Crippen molar-refractivity contribution in [2.24, 2.45) is 0 Å². The highest BCUT2D eigenvalue weighted by molar-refractivity contribution is 7.92. The summed E-state index contributed by atoms with van der Waals surface area (Å²) in [5, 5.41) is 2.78. The molecule has 2 N–H and O–H groups in total. The fraction of sp³-hybridized carbons (Fsp3) is 0.276. The fourth-order valence-electron chi connectivity index (χ4n) is 4.12. The van der Waals surface area contributed by atoms with Crippen LogP contribution in [0.1, 0.15) is 44.3 Å². The van der Waals surface area contributed by atoms with Gasteiger partial charge < -0.3 is 15.0 Å². The van der Waals surface area contributed by atoms with Gasteiger partial charge in [0.25, 0.3) is 17.7 Å². The number of nitrogens with zero attached hydrogens (tertiary/aromatic N) is 3. The summed E-state index contributed by atoms with van der Waals surface area (Å²) in [5.41, 5.74) is 6.51. The Kier molecular flexibility index (Phi) is 11.5. The average molecular weight is 630 g/mol. The molecule has 10 nitrogen and oxygen atoms in total. The van der Waals surface area contributed by atoms with Crippen molar-refractivity contribution >= 4 is 71.8 Å². The van der Waals surface area contributed by atoms with E-state index in [2.05, 4.69) is 17.4 Å². The summed E-state index contributed by atoms with van der Waals surface area (Å²) in [6.07, 6.45) is 1.10. The van der Waals surface area contributed by atoms with Crippen LogP contribution in [-0.4, -0.2) is 53.7 Å². The van der Waals surface area contributed by atoms with Gasteiger partial charge in [-0.2, -0.15) is 17.8 Å². The Morgan fingerprint density at radius 1 is 1.14 bits per heavy atom. The number of carbonyl (C=O) groups excluding carboxylic acids is 3. The molecule has 0 atom stereocenters. The third-order valence-corrected chi connectivity index (χ3v) is 8.15. The van der Waals surface area contributed by atoms with Crippen LogP contribution in [0.2, 0.25) is 0 Å². The minimum Gasteiger partial charge on any atom is -0.455 e. The number of ether oxygens (including phenoxy) is 1. The number of imide groups is 1. The maximum atomic E-state index is 13.4. The van der Waals surface area contributed by atoms with Gasteiger partial charge in [-0.15, -0.1) is 11.3 Å². The lowest BCUT2D eigenvalue weighted by Crippen LogP contribution is -2.46. The molecule has 2 heterocycles. The number of amides is 3. The van der Waals surface area contributed by atoms with Crippen molar-refractivity contribution in [3.05, 3.63) is 76.0 Å². The molecule has 1 aliphatic rings.